The number of hydrogen-bond donors (Lipinski definition) is 1. The molecule has 1 aliphatic carbocycles. The number of likely N-dealkylation sites (N-methyl/N-ethyl adjacent to an activating group) is 1. The average Bonchev–Trinajstić information content (AvgIpc) is 2.94. The Morgan fingerprint density at radius 1 is 1.44 bits per heavy atom. The van der Waals surface area contributed by atoms with Crippen molar-refractivity contribution in [2.24, 2.45) is 5.92 Å². The number of aromatic nitrogens is 2. The van der Waals surface area contributed by atoms with Crippen LogP contribution in [-0.2, 0) is 4.74 Å². The first-order valence-electron chi connectivity index (χ1n) is 6.44. The quantitative estimate of drug-likeness (QED) is 0.876. The van der Waals surface area contributed by atoms with Gasteiger partial charge in [0.2, 0.25) is 11.7 Å². The molecule has 0 spiro atoms. The first-order chi connectivity index (χ1) is 8.83. The molecule has 18 heavy (non-hydrogen) atoms. The fraction of sp³-hybridized carbons (Fsp3) is 0.833. The predicted octanol–water partition coefficient (Wildman–Crippen LogP) is 1.59. The van der Waals surface area contributed by atoms with Crippen LogP contribution in [0.5, 0.6) is 0 Å². The fourth-order valence-corrected chi connectivity index (χ4v) is 3.92. The topological polar surface area (TPSA) is 60.2 Å². The van der Waals surface area contributed by atoms with Gasteiger partial charge in [0, 0.05) is 24.7 Å². The Balaban J connectivity index is 1.76. The maximum Gasteiger partial charge on any atom is 0.232 e. The molecule has 2 aliphatic rings. The molecule has 100 valence electrons. The van der Waals surface area contributed by atoms with Crippen molar-refractivity contribution in [1.82, 2.24) is 15.5 Å². The highest BCUT2D eigenvalue weighted by molar-refractivity contribution is 7.99. The monoisotopic (exact) mass is 269 g/mol. The van der Waals surface area contributed by atoms with E-state index >= 15 is 0 Å². The van der Waals surface area contributed by atoms with Crippen molar-refractivity contribution in [2.75, 3.05) is 25.7 Å². The largest absolute Gasteiger partial charge is 0.373 e. The molecule has 5 nitrogen and oxygen atoms in total. The lowest BCUT2D eigenvalue weighted by molar-refractivity contribution is 0.0751. The summed E-state index contributed by atoms with van der Waals surface area (Å²) in [5, 5.41) is 7.43. The Hall–Kier alpha value is -0.590. The minimum absolute atomic E-state index is 0.0181. The molecule has 0 aromatic carbocycles. The standard InChI is InChI=1S/C12H19N3O2S/c1-13-9-6-18-5-8(9)12-14-11(15-17-12)10(16-2)7-3-4-7/h7-10,13H,3-6H2,1-2H3. The smallest absolute Gasteiger partial charge is 0.232 e. The summed E-state index contributed by atoms with van der Waals surface area (Å²) in [5.74, 6) is 4.55. The summed E-state index contributed by atoms with van der Waals surface area (Å²) >= 11 is 1.93. The number of nitrogens with one attached hydrogen (secondary N) is 1. The van der Waals surface area contributed by atoms with Gasteiger partial charge < -0.3 is 14.6 Å². The van der Waals surface area contributed by atoms with E-state index in [4.69, 9.17) is 9.26 Å². The van der Waals surface area contributed by atoms with Crippen molar-refractivity contribution in [3.8, 4) is 0 Å². The van der Waals surface area contributed by atoms with Gasteiger partial charge in [-0.1, -0.05) is 5.16 Å². The molecule has 2 heterocycles. The number of methoxy groups -OCH3 is 1. The van der Waals surface area contributed by atoms with Gasteiger partial charge in [-0.2, -0.15) is 16.7 Å². The lowest BCUT2D eigenvalue weighted by atomic mass is 10.0. The van der Waals surface area contributed by atoms with Gasteiger partial charge >= 0.3 is 0 Å². The van der Waals surface area contributed by atoms with E-state index < -0.39 is 0 Å². The summed E-state index contributed by atoms with van der Waals surface area (Å²) in [5.41, 5.74) is 0. The molecule has 1 aromatic rings. The van der Waals surface area contributed by atoms with Crippen LogP contribution < -0.4 is 5.32 Å². The van der Waals surface area contributed by atoms with Crippen LogP contribution in [0.15, 0.2) is 4.52 Å². The van der Waals surface area contributed by atoms with Crippen LogP contribution in [0, 0.1) is 5.92 Å². The van der Waals surface area contributed by atoms with Crippen molar-refractivity contribution in [3.63, 3.8) is 0 Å². The third-order valence-corrected chi connectivity index (χ3v) is 4.97. The predicted molar refractivity (Wildman–Crippen MR) is 69.7 cm³/mol. The van der Waals surface area contributed by atoms with Gasteiger partial charge in [-0.05, 0) is 25.8 Å². The van der Waals surface area contributed by atoms with Gasteiger partial charge in [0.25, 0.3) is 0 Å². The molecule has 1 saturated heterocycles. The third kappa shape index (κ3) is 2.29. The van der Waals surface area contributed by atoms with Gasteiger partial charge in [0.1, 0.15) is 6.10 Å². The van der Waals surface area contributed by atoms with Gasteiger partial charge in [-0.15, -0.1) is 0 Å². The van der Waals surface area contributed by atoms with Crippen LogP contribution in [0.3, 0.4) is 0 Å². The Labute approximate surface area is 111 Å². The van der Waals surface area contributed by atoms with Crippen LogP contribution in [0.4, 0.5) is 0 Å². The minimum Gasteiger partial charge on any atom is -0.373 e. The van der Waals surface area contributed by atoms with Gasteiger partial charge in [0.15, 0.2) is 0 Å². The van der Waals surface area contributed by atoms with Crippen LogP contribution >= 0.6 is 11.8 Å². The lowest BCUT2D eigenvalue weighted by Crippen LogP contribution is -2.31. The number of nitrogens with zero attached hydrogens (tertiary/aromatic N) is 2. The number of rotatable bonds is 5. The first-order valence-corrected chi connectivity index (χ1v) is 7.60. The van der Waals surface area contributed by atoms with Gasteiger partial charge in [0.05, 0.1) is 5.92 Å². The molecule has 3 unspecified atom stereocenters. The zero-order valence-corrected chi connectivity index (χ0v) is 11.6. The van der Waals surface area contributed by atoms with E-state index in [2.05, 4.69) is 15.5 Å². The Morgan fingerprint density at radius 2 is 2.28 bits per heavy atom. The molecule has 1 saturated carbocycles. The van der Waals surface area contributed by atoms with Crippen molar-refractivity contribution < 1.29 is 9.26 Å². The first kappa shape index (κ1) is 12.4. The zero-order valence-electron chi connectivity index (χ0n) is 10.8. The van der Waals surface area contributed by atoms with E-state index in [1.807, 2.05) is 18.8 Å². The average molecular weight is 269 g/mol. The van der Waals surface area contributed by atoms with Crippen LogP contribution in [0.25, 0.3) is 0 Å². The van der Waals surface area contributed by atoms with E-state index in [0.717, 1.165) is 23.2 Å². The molecular formula is C12H19N3O2S. The molecule has 3 rings (SSSR count). The minimum atomic E-state index is 0.0181. The zero-order chi connectivity index (χ0) is 12.5. The molecule has 0 bridgehead atoms. The summed E-state index contributed by atoms with van der Waals surface area (Å²) in [6.07, 6.45) is 2.44. The summed E-state index contributed by atoms with van der Waals surface area (Å²) < 4.78 is 10.9. The van der Waals surface area contributed by atoms with Gasteiger partial charge in [-0.25, -0.2) is 0 Å². The van der Waals surface area contributed by atoms with E-state index in [1.54, 1.807) is 7.11 Å². The van der Waals surface area contributed by atoms with Gasteiger partial charge in [-0.3, -0.25) is 0 Å². The van der Waals surface area contributed by atoms with E-state index in [9.17, 15) is 0 Å². The molecule has 6 heteroatoms. The van der Waals surface area contributed by atoms with E-state index in [1.165, 1.54) is 12.8 Å². The molecule has 3 atom stereocenters. The van der Waals surface area contributed by atoms with Crippen molar-refractivity contribution in [2.45, 2.75) is 30.9 Å². The van der Waals surface area contributed by atoms with E-state index in [0.29, 0.717) is 17.9 Å². The second kappa shape index (κ2) is 5.19. The molecule has 1 N–H and O–H groups in total. The van der Waals surface area contributed by atoms with E-state index in [-0.39, 0.29) is 6.10 Å². The Kier molecular flexibility index (Phi) is 3.59. The normalized spacial score (nSPS) is 29.7. The Morgan fingerprint density at radius 3 is 2.94 bits per heavy atom. The van der Waals surface area contributed by atoms with Crippen LogP contribution in [-0.4, -0.2) is 41.8 Å². The molecule has 1 aromatic heterocycles. The van der Waals surface area contributed by atoms with Crippen LogP contribution in [0.2, 0.25) is 0 Å². The fourth-order valence-electron chi connectivity index (χ4n) is 2.50. The van der Waals surface area contributed by atoms with Crippen molar-refractivity contribution in [3.05, 3.63) is 11.7 Å². The molecule has 0 amide bonds. The number of thioether (sulfide) groups is 1. The third-order valence-electron chi connectivity index (χ3n) is 3.78. The highest BCUT2D eigenvalue weighted by Gasteiger charge is 2.38. The molecule has 2 fully saturated rings. The summed E-state index contributed by atoms with van der Waals surface area (Å²) in [6, 6.07) is 0.435. The highest BCUT2D eigenvalue weighted by Crippen LogP contribution is 2.42. The number of hydrogen-bond acceptors (Lipinski definition) is 6. The maximum atomic E-state index is 5.48. The second-order valence-electron chi connectivity index (χ2n) is 5.02. The molecular weight excluding hydrogens is 250 g/mol. The summed E-state index contributed by atoms with van der Waals surface area (Å²) in [7, 11) is 3.71. The lowest BCUT2D eigenvalue weighted by Gasteiger charge is -2.13. The van der Waals surface area contributed by atoms with Crippen molar-refractivity contribution in [1.29, 1.82) is 0 Å². The maximum absolute atomic E-state index is 5.48. The van der Waals surface area contributed by atoms with Crippen molar-refractivity contribution >= 4 is 11.8 Å². The highest BCUT2D eigenvalue weighted by atomic mass is 32.2. The Bertz CT molecular complexity index is 408. The summed E-state index contributed by atoms with van der Waals surface area (Å²) in [4.78, 5) is 4.57. The number of ether oxygens (including phenoxy) is 1. The molecule has 1 aliphatic heterocycles. The SMILES string of the molecule is CNC1CSCC1c1nc(C(OC)C2CC2)no1. The van der Waals surface area contributed by atoms with Crippen LogP contribution in [0.1, 0.15) is 36.6 Å². The molecule has 0 radical (unpaired) electrons. The summed E-state index contributed by atoms with van der Waals surface area (Å²) in [6.45, 7) is 0. The second-order valence-corrected chi connectivity index (χ2v) is 6.10.